The van der Waals surface area contributed by atoms with Crippen molar-refractivity contribution in [2.45, 2.75) is 63.8 Å². The first kappa shape index (κ1) is 15.2. The summed E-state index contributed by atoms with van der Waals surface area (Å²) in [6, 6.07) is 1.21. The zero-order valence-electron chi connectivity index (χ0n) is 13.1. The normalized spacial score (nSPS) is 42.5. The van der Waals surface area contributed by atoms with Crippen LogP contribution in [0.1, 0.15) is 40.0 Å². The third-order valence-electron chi connectivity index (χ3n) is 5.39. The Hall–Kier alpha value is -0.160. The van der Waals surface area contributed by atoms with Gasteiger partial charge in [0.05, 0.1) is 6.10 Å². The van der Waals surface area contributed by atoms with Gasteiger partial charge in [-0.2, -0.15) is 0 Å². The van der Waals surface area contributed by atoms with Crippen LogP contribution in [0.4, 0.5) is 0 Å². The summed E-state index contributed by atoms with van der Waals surface area (Å²) in [5, 5.41) is 0. The van der Waals surface area contributed by atoms with Gasteiger partial charge in [0.2, 0.25) is 0 Å². The highest BCUT2D eigenvalue weighted by atomic mass is 16.5. The van der Waals surface area contributed by atoms with E-state index < -0.39 is 0 Å². The summed E-state index contributed by atoms with van der Waals surface area (Å²) >= 11 is 0. The average Bonchev–Trinajstić information content (AvgIpc) is 2.44. The molecule has 4 unspecified atom stereocenters. The predicted octanol–water partition coefficient (Wildman–Crippen LogP) is 1.30. The monoisotopic (exact) mass is 269 g/mol. The molecule has 4 atom stereocenters. The van der Waals surface area contributed by atoms with E-state index in [9.17, 15) is 0 Å². The zero-order chi connectivity index (χ0) is 14.0. The van der Waals surface area contributed by atoms with Crippen molar-refractivity contribution in [2.75, 3.05) is 33.3 Å². The average molecular weight is 269 g/mol. The lowest BCUT2D eigenvalue weighted by atomic mass is 9.82. The Kier molecular flexibility index (Phi) is 4.88. The number of nitrogens with zero attached hydrogens (tertiary/aromatic N) is 2. The molecule has 0 amide bonds. The molecule has 0 saturated carbocycles. The molecule has 19 heavy (non-hydrogen) atoms. The van der Waals surface area contributed by atoms with Crippen molar-refractivity contribution in [3.8, 4) is 0 Å². The highest BCUT2D eigenvalue weighted by Crippen LogP contribution is 2.33. The molecule has 0 aliphatic carbocycles. The van der Waals surface area contributed by atoms with Crippen LogP contribution in [0.25, 0.3) is 0 Å². The van der Waals surface area contributed by atoms with Crippen LogP contribution in [0.5, 0.6) is 0 Å². The maximum absolute atomic E-state index is 6.20. The molecule has 0 aromatic carbocycles. The summed E-state index contributed by atoms with van der Waals surface area (Å²) in [5.74, 6) is 0. The molecule has 2 rings (SSSR count). The molecule has 2 fully saturated rings. The Labute approximate surface area is 118 Å². The van der Waals surface area contributed by atoms with Crippen LogP contribution in [0.2, 0.25) is 0 Å². The standard InChI is InChI=1S/C15H31N3O/c1-5-14-8-15(11-16,6-7-19-14)18-9-12(2)17(4)13(3)10-18/h12-14H,5-11,16H2,1-4H3. The van der Waals surface area contributed by atoms with Gasteiger partial charge >= 0.3 is 0 Å². The molecule has 2 aliphatic heterocycles. The summed E-state index contributed by atoms with van der Waals surface area (Å²) in [7, 11) is 2.24. The molecule has 0 spiro atoms. The zero-order valence-corrected chi connectivity index (χ0v) is 13.1. The second kappa shape index (κ2) is 6.08. The summed E-state index contributed by atoms with van der Waals surface area (Å²) < 4.78 is 5.86. The molecule has 4 heteroatoms. The Morgan fingerprint density at radius 2 is 1.89 bits per heavy atom. The first-order valence-electron chi connectivity index (χ1n) is 7.81. The van der Waals surface area contributed by atoms with Gasteiger partial charge < -0.3 is 10.5 Å². The van der Waals surface area contributed by atoms with Crippen LogP contribution in [0, 0.1) is 0 Å². The number of nitrogens with two attached hydrogens (primary N) is 1. The molecule has 2 N–H and O–H groups in total. The van der Waals surface area contributed by atoms with Gasteiger partial charge in [-0.1, -0.05) is 6.92 Å². The molecule has 2 aliphatic rings. The summed E-state index contributed by atoms with van der Waals surface area (Å²) in [5.41, 5.74) is 6.37. The van der Waals surface area contributed by atoms with E-state index in [1.54, 1.807) is 0 Å². The Balaban J connectivity index is 2.12. The van der Waals surface area contributed by atoms with Crippen LogP contribution >= 0.6 is 0 Å². The van der Waals surface area contributed by atoms with Gasteiger partial charge in [-0.15, -0.1) is 0 Å². The van der Waals surface area contributed by atoms with E-state index in [0.717, 1.165) is 45.5 Å². The lowest BCUT2D eigenvalue weighted by molar-refractivity contribution is -0.0954. The number of hydrogen-bond donors (Lipinski definition) is 1. The third-order valence-corrected chi connectivity index (χ3v) is 5.39. The third kappa shape index (κ3) is 2.97. The molecule has 2 heterocycles. The Bertz CT molecular complexity index is 287. The van der Waals surface area contributed by atoms with Gasteiger partial charge in [-0.05, 0) is 40.2 Å². The number of piperazine rings is 1. The number of rotatable bonds is 3. The van der Waals surface area contributed by atoms with E-state index in [-0.39, 0.29) is 5.54 Å². The topological polar surface area (TPSA) is 41.7 Å². The van der Waals surface area contributed by atoms with E-state index >= 15 is 0 Å². The van der Waals surface area contributed by atoms with Gasteiger partial charge in [0.25, 0.3) is 0 Å². The van der Waals surface area contributed by atoms with E-state index in [2.05, 4.69) is 37.6 Å². The molecular weight excluding hydrogens is 238 g/mol. The van der Waals surface area contributed by atoms with Crippen LogP contribution in [0.15, 0.2) is 0 Å². The van der Waals surface area contributed by atoms with Gasteiger partial charge in [-0.25, -0.2) is 0 Å². The maximum Gasteiger partial charge on any atom is 0.0590 e. The predicted molar refractivity (Wildman–Crippen MR) is 79.3 cm³/mol. The fourth-order valence-corrected chi connectivity index (χ4v) is 3.66. The fraction of sp³-hybridized carbons (Fsp3) is 1.00. The second-order valence-electron chi connectivity index (χ2n) is 6.55. The van der Waals surface area contributed by atoms with Gasteiger partial charge in [-0.3, -0.25) is 9.80 Å². The smallest absolute Gasteiger partial charge is 0.0590 e. The highest BCUT2D eigenvalue weighted by Gasteiger charge is 2.43. The van der Waals surface area contributed by atoms with Crippen molar-refractivity contribution >= 4 is 0 Å². The minimum absolute atomic E-state index is 0.169. The SMILES string of the molecule is CCC1CC(CN)(N2CC(C)N(C)C(C)C2)CCO1. The van der Waals surface area contributed by atoms with Crippen molar-refractivity contribution in [3.05, 3.63) is 0 Å². The molecule has 0 bridgehead atoms. The summed E-state index contributed by atoms with van der Waals surface area (Å²) in [4.78, 5) is 5.14. The largest absolute Gasteiger partial charge is 0.378 e. The molecule has 112 valence electrons. The molecule has 0 aromatic heterocycles. The molecule has 0 radical (unpaired) electrons. The molecule has 2 saturated heterocycles. The lowest BCUT2D eigenvalue weighted by Gasteiger charge is -2.54. The second-order valence-corrected chi connectivity index (χ2v) is 6.55. The van der Waals surface area contributed by atoms with Crippen molar-refractivity contribution in [2.24, 2.45) is 5.73 Å². The minimum atomic E-state index is 0.169. The van der Waals surface area contributed by atoms with Gasteiger partial charge in [0, 0.05) is 43.9 Å². The minimum Gasteiger partial charge on any atom is -0.378 e. The first-order chi connectivity index (χ1) is 9.02. The number of hydrogen-bond acceptors (Lipinski definition) is 4. The van der Waals surface area contributed by atoms with Crippen LogP contribution in [0.3, 0.4) is 0 Å². The van der Waals surface area contributed by atoms with Crippen molar-refractivity contribution in [1.29, 1.82) is 0 Å². The van der Waals surface area contributed by atoms with Crippen molar-refractivity contribution in [3.63, 3.8) is 0 Å². The Morgan fingerprint density at radius 3 is 2.42 bits per heavy atom. The van der Waals surface area contributed by atoms with Crippen LogP contribution in [-0.4, -0.2) is 66.8 Å². The number of ether oxygens (including phenoxy) is 1. The van der Waals surface area contributed by atoms with E-state index in [1.807, 2.05) is 0 Å². The van der Waals surface area contributed by atoms with Crippen LogP contribution in [-0.2, 0) is 4.74 Å². The number of likely N-dealkylation sites (N-methyl/N-ethyl adjacent to an activating group) is 1. The first-order valence-corrected chi connectivity index (χ1v) is 7.81. The van der Waals surface area contributed by atoms with Crippen molar-refractivity contribution in [1.82, 2.24) is 9.80 Å². The van der Waals surface area contributed by atoms with E-state index in [1.165, 1.54) is 0 Å². The quantitative estimate of drug-likeness (QED) is 0.838. The van der Waals surface area contributed by atoms with E-state index in [0.29, 0.717) is 18.2 Å². The summed E-state index contributed by atoms with van der Waals surface area (Å²) in [6.45, 7) is 10.8. The van der Waals surface area contributed by atoms with Gasteiger partial charge in [0.15, 0.2) is 0 Å². The highest BCUT2D eigenvalue weighted by molar-refractivity contribution is 5.00. The van der Waals surface area contributed by atoms with Crippen molar-refractivity contribution < 1.29 is 4.74 Å². The molecular formula is C15H31N3O. The summed E-state index contributed by atoms with van der Waals surface area (Å²) in [6.07, 6.45) is 3.68. The fourth-order valence-electron chi connectivity index (χ4n) is 3.66. The lowest BCUT2D eigenvalue weighted by Crippen LogP contribution is -2.66. The Morgan fingerprint density at radius 1 is 1.26 bits per heavy atom. The molecule has 0 aromatic rings. The van der Waals surface area contributed by atoms with Crippen LogP contribution < -0.4 is 5.73 Å². The van der Waals surface area contributed by atoms with E-state index in [4.69, 9.17) is 10.5 Å². The molecule has 4 nitrogen and oxygen atoms in total. The van der Waals surface area contributed by atoms with Gasteiger partial charge in [0.1, 0.15) is 0 Å². The maximum atomic E-state index is 6.20.